The molecule has 404 valence electrons. The van der Waals surface area contributed by atoms with Crippen molar-refractivity contribution in [1.29, 1.82) is 0 Å². The van der Waals surface area contributed by atoms with Crippen LogP contribution in [0.25, 0.3) is 0 Å². The second-order valence-electron chi connectivity index (χ2n) is 18.9. The third kappa shape index (κ3) is 35.1. The Bertz CT molecular complexity index is 2050. The van der Waals surface area contributed by atoms with Gasteiger partial charge in [-0.25, -0.2) is 9.59 Å². The fraction of sp³-hybridized carbons (Fsp3) is 0.492. The molecule has 0 bridgehead atoms. The van der Waals surface area contributed by atoms with E-state index in [9.17, 15) is 24.9 Å². The van der Waals surface area contributed by atoms with Crippen LogP contribution >= 0.6 is 0 Å². The van der Waals surface area contributed by atoms with Gasteiger partial charge in [0.15, 0.2) is 11.6 Å². The molecule has 0 unspecified atom stereocenters. The molecular weight excluding hydrogens is 917 g/mol. The first-order valence-corrected chi connectivity index (χ1v) is 24.8. The lowest BCUT2D eigenvalue weighted by molar-refractivity contribution is -0.208. The SMILES string of the molecule is CC(C)(O)O.Cc1cc(C)c(CO)c(CCC[C@@H](CC/C=C\C[C@H](C)O)OC(C)(C)O)c1.Cc1cc(C)c2c(c1)CCCCCC/C=C\CCOC2.O.O.O=C(O)c1ccccc1.O=C(O)c1ccccc1. The molecule has 4 aromatic carbocycles. The van der Waals surface area contributed by atoms with Crippen molar-refractivity contribution in [3.8, 4) is 0 Å². The first kappa shape index (κ1) is 69.0. The molecule has 0 saturated heterocycles. The van der Waals surface area contributed by atoms with Crippen molar-refractivity contribution in [3.05, 3.63) is 165 Å². The summed E-state index contributed by atoms with van der Waals surface area (Å²) >= 11 is 0. The molecule has 72 heavy (non-hydrogen) atoms. The molecule has 1 aliphatic heterocycles. The number of fused-ring (bicyclic) bond motifs is 1. The van der Waals surface area contributed by atoms with Crippen molar-refractivity contribution >= 4 is 11.9 Å². The van der Waals surface area contributed by atoms with Crippen LogP contribution in [0.4, 0.5) is 0 Å². The van der Waals surface area contributed by atoms with Gasteiger partial charge in [-0.05, 0) is 191 Å². The van der Waals surface area contributed by atoms with Gasteiger partial charge < -0.3 is 56.2 Å². The van der Waals surface area contributed by atoms with E-state index < -0.39 is 23.5 Å². The Hall–Kier alpha value is -5.06. The molecule has 0 saturated carbocycles. The van der Waals surface area contributed by atoms with Crippen LogP contribution in [0, 0.1) is 27.7 Å². The summed E-state index contributed by atoms with van der Waals surface area (Å²) in [6.07, 6.45) is 22.2. The number of allylic oxidation sites excluding steroid dienone is 2. The van der Waals surface area contributed by atoms with Gasteiger partial charge in [-0.2, -0.15) is 0 Å². The maximum absolute atomic E-state index is 10.2. The highest BCUT2D eigenvalue weighted by molar-refractivity contribution is 5.87. The Kier molecular flexibility index (Phi) is 36.9. The van der Waals surface area contributed by atoms with Crippen LogP contribution in [0.1, 0.15) is 170 Å². The van der Waals surface area contributed by atoms with Gasteiger partial charge in [-0.3, -0.25) is 0 Å². The summed E-state index contributed by atoms with van der Waals surface area (Å²) in [4.78, 5) is 20.4. The number of hydrogen-bond acceptors (Lipinski definition) is 9. The van der Waals surface area contributed by atoms with E-state index in [2.05, 4.69) is 63.3 Å². The largest absolute Gasteiger partial charge is 0.478 e. The molecule has 1 aliphatic rings. The summed E-state index contributed by atoms with van der Waals surface area (Å²) in [5.74, 6) is -4.41. The Morgan fingerprint density at radius 1 is 0.722 bits per heavy atom. The molecule has 4 aromatic rings. The van der Waals surface area contributed by atoms with Gasteiger partial charge in [-0.1, -0.05) is 109 Å². The van der Waals surface area contributed by atoms with Crippen LogP contribution in [0.5, 0.6) is 0 Å². The average molecular weight is 1010 g/mol. The lowest BCUT2D eigenvalue weighted by Crippen LogP contribution is -2.30. The minimum absolute atomic E-state index is 0. The summed E-state index contributed by atoms with van der Waals surface area (Å²) < 4.78 is 11.7. The molecule has 0 amide bonds. The molecule has 5 rings (SSSR count). The summed E-state index contributed by atoms with van der Waals surface area (Å²) in [5.41, 5.74) is 11.0. The number of hydrogen-bond donors (Lipinski definition) is 7. The predicted octanol–water partition coefficient (Wildman–Crippen LogP) is 10.4. The molecular formula is C59H90O13. The topological polar surface area (TPSA) is 257 Å². The fourth-order valence-electron chi connectivity index (χ4n) is 7.59. The standard InChI is InChI=1S/C23H38O4.C19H28O.2C7H6O2.C3H8O2.2H2O/c1-17-14-18(2)22(16-24)20(15-17)11-9-13-21(27-23(4,5)26)12-8-6-7-10-19(3)25;1-16-13-17(2)19-15-20-12-10-8-6-4-3-5-7-9-11-18(19)14-16;2*8-7(9)6-4-2-1-3-5-6;1-3(2,4)5;;/h6-7,14-15,19,21,24-26H,8-13,16H2,1-5H3;6,8,13-14H,3-5,7,9-12,15H2,1-2H3;2*1-5H,(H,8,9);4-5H,1-2H3;2*1H2/b7-6-;8-6-;;;;;/t19-,21+;;;;;;/m0....../s1. The van der Waals surface area contributed by atoms with Crippen molar-refractivity contribution in [3.63, 3.8) is 0 Å². The monoisotopic (exact) mass is 1010 g/mol. The maximum atomic E-state index is 10.2. The molecule has 1 heterocycles. The summed E-state index contributed by atoms with van der Waals surface area (Å²) in [6, 6.07) is 25.5. The van der Waals surface area contributed by atoms with Gasteiger partial charge in [0, 0.05) is 0 Å². The predicted molar refractivity (Wildman–Crippen MR) is 289 cm³/mol. The average Bonchev–Trinajstić information content (AvgIpc) is 3.27. The van der Waals surface area contributed by atoms with E-state index >= 15 is 0 Å². The quantitative estimate of drug-likeness (QED) is 0.0462. The number of aryl methyl sites for hydroxylation is 6. The summed E-state index contributed by atoms with van der Waals surface area (Å²) in [6.45, 7) is 17.9. The van der Waals surface area contributed by atoms with Crippen molar-refractivity contribution in [2.75, 3.05) is 6.61 Å². The third-order valence-electron chi connectivity index (χ3n) is 10.8. The van der Waals surface area contributed by atoms with E-state index in [4.69, 9.17) is 29.9 Å². The van der Waals surface area contributed by atoms with E-state index in [0.29, 0.717) is 17.5 Å². The molecule has 0 aromatic heterocycles. The molecule has 2 atom stereocenters. The number of benzene rings is 4. The van der Waals surface area contributed by atoms with E-state index in [-0.39, 0.29) is 29.8 Å². The van der Waals surface area contributed by atoms with Crippen LogP contribution in [0.2, 0.25) is 0 Å². The van der Waals surface area contributed by atoms with Gasteiger partial charge in [0.25, 0.3) is 0 Å². The fourth-order valence-corrected chi connectivity index (χ4v) is 7.59. The van der Waals surface area contributed by atoms with Crippen molar-refractivity contribution in [2.45, 2.75) is 183 Å². The van der Waals surface area contributed by atoms with Gasteiger partial charge in [0.05, 0.1) is 43.2 Å². The molecule has 13 nitrogen and oxygen atoms in total. The van der Waals surface area contributed by atoms with Gasteiger partial charge in [-0.15, -0.1) is 0 Å². The number of aromatic carboxylic acids is 2. The summed E-state index contributed by atoms with van der Waals surface area (Å²) in [7, 11) is 0. The van der Waals surface area contributed by atoms with Crippen molar-refractivity contribution in [2.24, 2.45) is 0 Å². The number of aliphatic hydroxyl groups excluding tert-OH is 2. The third-order valence-corrected chi connectivity index (χ3v) is 10.8. The van der Waals surface area contributed by atoms with Gasteiger partial charge in [0.2, 0.25) is 0 Å². The zero-order valence-electron chi connectivity index (χ0n) is 44.6. The van der Waals surface area contributed by atoms with Gasteiger partial charge >= 0.3 is 11.9 Å². The number of ether oxygens (including phenoxy) is 2. The number of carbonyl (C=O) groups is 2. The van der Waals surface area contributed by atoms with Crippen LogP contribution in [0.15, 0.2) is 109 Å². The Labute approximate surface area is 430 Å². The molecule has 0 radical (unpaired) electrons. The maximum Gasteiger partial charge on any atom is 0.335 e. The molecule has 13 heteroatoms. The van der Waals surface area contributed by atoms with Crippen molar-refractivity contribution < 1.29 is 65.8 Å². The lowest BCUT2D eigenvalue weighted by atomic mass is 9.94. The van der Waals surface area contributed by atoms with E-state index in [0.717, 1.165) is 62.9 Å². The molecule has 0 spiro atoms. The smallest absolute Gasteiger partial charge is 0.335 e. The Morgan fingerprint density at radius 3 is 1.76 bits per heavy atom. The molecule has 0 fully saturated rings. The van der Waals surface area contributed by atoms with Crippen LogP contribution in [0.3, 0.4) is 0 Å². The highest BCUT2D eigenvalue weighted by atomic mass is 16.6. The molecule has 0 aliphatic carbocycles. The minimum atomic E-state index is -1.50. The van der Waals surface area contributed by atoms with Crippen LogP contribution in [-0.2, 0) is 35.5 Å². The normalized spacial score (nSPS) is 14.1. The number of carboxylic acid groups (broad SMARTS) is 2. The number of rotatable bonds is 14. The van der Waals surface area contributed by atoms with Gasteiger partial charge in [0.1, 0.15) is 0 Å². The zero-order chi connectivity index (χ0) is 52.5. The Balaban J connectivity index is 0. The second-order valence-corrected chi connectivity index (χ2v) is 18.9. The minimum Gasteiger partial charge on any atom is -0.478 e. The Morgan fingerprint density at radius 2 is 1.25 bits per heavy atom. The first-order chi connectivity index (χ1) is 33.0. The lowest BCUT2D eigenvalue weighted by Gasteiger charge is -2.26. The molecule has 11 N–H and O–H groups in total. The number of aliphatic hydroxyl groups is 5. The first-order valence-electron chi connectivity index (χ1n) is 24.8. The van der Waals surface area contributed by atoms with E-state index in [1.165, 1.54) is 85.8 Å². The highest BCUT2D eigenvalue weighted by Crippen LogP contribution is 2.24. The highest BCUT2D eigenvalue weighted by Gasteiger charge is 2.20. The zero-order valence-corrected chi connectivity index (χ0v) is 44.6. The summed E-state index contributed by atoms with van der Waals surface area (Å²) in [5, 5.41) is 61.9. The van der Waals surface area contributed by atoms with Crippen LogP contribution < -0.4 is 0 Å². The second kappa shape index (κ2) is 38.5. The van der Waals surface area contributed by atoms with E-state index in [1.807, 2.05) is 13.0 Å². The van der Waals surface area contributed by atoms with E-state index in [1.54, 1.807) is 81.4 Å². The van der Waals surface area contributed by atoms with Crippen LogP contribution in [-0.4, -0.2) is 89.0 Å². The number of carboxylic acids is 2. The van der Waals surface area contributed by atoms with Crippen molar-refractivity contribution in [1.82, 2.24) is 0 Å².